The lowest BCUT2D eigenvalue weighted by Gasteiger charge is -2.12. The van der Waals surface area contributed by atoms with E-state index in [9.17, 15) is 13.2 Å². The van der Waals surface area contributed by atoms with E-state index in [2.05, 4.69) is 10.1 Å². The van der Waals surface area contributed by atoms with Crippen LogP contribution in [0.15, 0.2) is 24.3 Å². The Morgan fingerprint density at radius 2 is 1.75 bits per heavy atom. The van der Waals surface area contributed by atoms with Crippen LogP contribution in [0.2, 0.25) is 0 Å². The highest BCUT2D eigenvalue weighted by Gasteiger charge is 2.31. The quantitative estimate of drug-likeness (QED) is 0.795. The summed E-state index contributed by atoms with van der Waals surface area (Å²) >= 11 is 0. The summed E-state index contributed by atoms with van der Waals surface area (Å²) < 4.78 is 39.6. The van der Waals surface area contributed by atoms with Gasteiger partial charge in [-0.25, -0.2) is 9.67 Å². The van der Waals surface area contributed by atoms with Gasteiger partial charge in [0.2, 0.25) is 0 Å². The SMILES string of the molecule is Cc1nc(C(C)(C)C)nn1-c1cccc(C(F)(F)F)c1. The number of aryl methyl sites for hydroxylation is 1. The number of halogens is 3. The highest BCUT2D eigenvalue weighted by molar-refractivity contribution is 5.37. The Hall–Kier alpha value is -1.85. The summed E-state index contributed by atoms with van der Waals surface area (Å²) in [6.07, 6.45) is -4.36. The second-order valence-electron chi connectivity index (χ2n) is 5.69. The van der Waals surface area contributed by atoms with E-state index in [1.165, 1.54) is 10.7 Å². The lowest BCUT2D eigenvalue weighted by molar-refractivity contribution is -0.137. The van der Waals surface area contributed by atoms with Crippen LogP contribution < -0.4 is 0 Å². The first-order valence-corrected chi connectivity index (χ1v) is 6.21. The van der Waals surface area contributed by atoms with E-state index in [0.717, 1.165) is 12.1 Å². The highest BCUT2D eigenvalue weighted by atomic mass is 19.4. The molecule has 0 amide bonds. The first-order valence-electron chi connectivity index (χ1n) is 6.21. The van der Waals surface area contributed by atoms with Crippen LogP contribution in [0.25, 0.3) is 5.69 Å². The van der Waals surface area contributed by atoms with Crippen molar-refractivity contribution in [1.82, 2.24) is 14.8 Å². The lowest BCUT2D eigenvalue weighted by atomic mass is 9.96. The van der Waals surface area contributed by atoms with Gasteiger partial charge >= 0.3 is 6.18 Å². The van der Waals surface area contributed by atoms with Crippen molar-refractivity contribution in [2.45, 2.75) is 39.3 Å². The Kier molecular flexibility index (Phi) is 3.36. The summed E-state index contributed by atoms with van der Waals surface area (Å²) in [7, 11) is 0. The van der Waals surface area contributed by atoms with E-state index in [4.69, 9.17) is 0 Å². The standard InChI is InChI=1S/C14H16F3N3/c1-9-18-12(13(2,3)4)19-20(9)11-7-5-6-10(8-11)14(15,16)17/h5-8H,1-4H3. The van der Waals surface area contributed by atoms with Crippen molar-refractivity contribution < 1.29 is 13.2 Å². The molecule has 0 aliphatic heterocycles. The zero-order valence-corrected chi connectivity index (χ0v) is 11.8. The maximum atomic E-state index is 12.7. The molecule has 2 aromatic rings. The Labute approximate surface area is 115 Å². The molecular formula is C14H16F3N3. The normalized spacial score (nSPS) is 12.8. The molecule has 1 aromatic carbocycles. The summed E-state index contributed by atoms with van der Waals surface area (Å²) in [6, 6.07) is 5.08. The molecule has 2 rings (SSSR count). The van der Waals surface area contributed by atoms with Gasteiger partial charge in [0.05, 0.1) is 11.3 Å². The van der Waals surface area contributed by atoms with E-state index in [0.29, 0.717) is 17.3 Å². The molecule has 1 aromatic heterocycles. The zero-order valence-electron chi connectivity index (χ0n) is 11.8. The smallest absolute Gasteiger partial charge is 0.218 e. The summed E-state index contributed by atoms with van der Waals surface area (Å²) in [6.45, 7) is 7.59. The van der Waals surface area contributed by atoms with Gasteiger partial charge < -0.3 is 0 Å². The number of hydrogen-bond donors (Lipinski definition) is 0. The topological polar surface area (TPSA) is 30.7 Å². The predicted octanol–water partition coefficient (Wildman–Crippen LogP) is 3.89. The molecule has 0 bridgehead atoms. The molecule has 0 atom stereocenters. The fourth-order valence-electron chi connectivity index (χ4n) is 1.77. The van der Waals surface area contributed by atoms with Gasteiger partial charge in [-0.3, -0.25) is 0 Å². The van der Waals surface area contributed by atoms with Gasteiger partial charge in [0.15, 0.2) is 5.82 Å². The molecule has 0 radical (unpaired) electrons. The van der Waals surface area contributed by atoms with Crippen LogP contribution in [0.5, 0.6) is 0 Å². The van der Waals surface area contributed by atoms with Crippen LogP contribution in [0.4, 0.5) is 13.2 Å². The Morgan fingerprint density at radius 3 is 2.25 bits per heavy atom. The van der Waals surface area contributed by atoms with Crippen LogP contribution in [0.3, 0.4) is 0 Å². The molecule has 0 saturated heterocycles. The molecule has 0 spiro atoms. The first kappa shape index (κ1) is 14.6. The molecule has 0 aliphatic carbocycles. The first-order chi connectivity index (χ1) is 9.09. The van der Waals surface area contributed by atoms with Crippen molar-refractivity contribution in [2.75, 3.05) is 0 Å². The summed E-state index contributed by atoms with van der Waals surface area (Å²) in [5, 5.41) is 4.31. The average molecular weight is 283 g/mol. The largest absolute Gasteiger partial charge is 0.416 e. The van der Waals surface area contributed by atoms with Crippen molar-refractivity contribution in [3.63, 3.8) is 0 Å². The van der Waals surface area contributed by atoms with Crippen molar-refractivity contribution in [2.24, 2.45) is 0 Å². The molecule has 20 heavy (non-hydrogen) atoms. The minimum absolute atomic E-state index is 0.252. The summed E-state index contributed by atoms with van der Waals surface area (Å²) in [5.41, 5.74) is -0.583. The summed E-state index contributed by atoms with van der Waals surface area (Å²) in [4.78, 5) is 4.32. The fourth-order valence-corrected chi connectivity index (χ4v) is 1.77. The van der Waals surface area contributed by atoms with E-state index < -0.39 is 11.7 Å². The average Bonchev–Trinajstić information content (AvgIpc) is 2.70. The maximum Gasteiger partial charge on any atom is 0.416 e. The van der Waals surface area contributed by atoms with Crippen molar-refractivity contribution in [1.29, 1.82) is 0 Å². The van der Waals surface area contributed by atoms with Crippen molar-refractivity contribution >= 4 is 0 Å². The molecule has 6 heteroatoms. The molecule has 1 heterocycles. The van der Waals surface area contributed by atoms with Crippen LogP contribution in [0, 0.1) is 6.92 Å². The second-order valence-corrected chi connectivity index (χ2v) is 5.69. The molecule has 0 fully saturated rings. The number of benzene rings is 1. The monoisotopic (exact) mass is 283 g/mol. The van der Waals surface area contributed by atoms with Gasteiger partial charge in [-0.15, -0.1) is 0 Å². The van der Waals surface area contributed by atoms with Crippen LogP contribution in [0.1, 0.15) is 38.0 Å². The third kappa shape index (κ3) is 2.84. The molecule has 0 aliphatic rings. The second kappa shape index (κ2) is 4.61. The summed E-state index contributed by atoms with van der Waals surface area (Å²) in [5.74, 6) is 1.17. The molecule has 108 valence electrons. The lowest BCUT2D eigenvalue weighted by Crippen LogP contribution is -2.14. The van der Waals surface area contributed by atoms with Crippen LogP contribution in [-0.2, 0) is 11.6 Å². The van der Waals surface area contributed by atoms with Crippen molar-refractivity contribution in [3.8, 4) is 5.69 Å². The molecule has 3 nitrogen and oxygen atoms in total. The van der Waals surface area contributed by atoms with Gasteiger partial charge in [-0.05, 0) is 25.1 Å². The number of alkyl halides is 3. The minimum Gasteiger partial charge on any atom is -0.218 e. The fraction of sp³-hybridized carbons (Fsp3) is 0.429. The third-order valence-corrected chi connectivity index (χ3v) is 2.86. The maximum absolute atomic E-state index is 12.7. The van der Waals surface area contributed by atoms with Gasteiger partial charge in [-0.2, -0.15) is 18.3 Å². The number of aromatic nitrogens is 3. The zero-order chi connectivity index (χ0) is 15.1. The van der Waals surface area contributed by atoms with Crippen molar-refractivity contribution in [3.05, 3.63) is 41.5 Å². The van der Waals surface area contributed by atoms with Gasteiger partial charge in [-0.1, -0.05) is 26.8 Å². The highest BCUT2D eigenvalue weighted by Crippen LogP contribution is 2.30. The van der Waals surface area contributed by atoms with Crippen LogP contribution >= 0.6 is 0 Å². The predicted molar refractivity (Wildman–Crippen MR) is 69.8 cm³/mol. The number of rotatable bonds is 1. The Morgan fingerprint density at radius 1 is 1.10 bits per heavy atom. The van der Waals surface area contributed by atoms with Gasteiger partial charge in [0, 0.05) is 5.41 Å². The number of nitrogens with zero attached hydrogens (tertiary/aromatic N) is 3. The van der Waals surface area contributed by atoms with E-state index in [1.807, 2.05) is 20.8 Å². The van der Waals surface area contributed by atoms with E-state index in [-0.39, 0.29) is 5.41 Å². The van der Waals surface area contributed by atoms with Gasteiger partial charge in [0.1, 0.15) is 5.82 Å². The van der Waals surface area contributed by atoms with Gasteiger partial charge in [0.25, 0.3) is 0 Å². The molecular weight excluding hydrogens is 267 g/mol. The number of hydrogen-bond acceptors (Lipinski definition) is 2. The third-order valence-electron chi connectivity index (χ3n) is 2.86. The molecule has 0 N–H and O–H groups in total. The van der Waals surface area contributed by atoms with E-state index >= 15 is 0 Å². The van der Waals surface area contributed by atoms with Crippen LogP contribution in [-0.4, -0.2) is 14.8 Å². The molecule has 0 unspecified atom stereocenters. The Bertz CT molecular complexity index is 621. The minimum atomic E-state index is -4.36. The Balaban J connectivity index is 2.50. The van der Waals surface area contributed by atoms with E-state index in [1.54, 1.807) is 13.0 Å². The molecule has 0 saturated carbocycles.